The summed E-state index contributed by atoms with van der Waals surface area (Å²) in [5.41, 5.74) is 1.44. The van der Waals surface area contributed by atoms with E-state index in [4.69, 9.17) is 0 Å². The molecular weight excluding hydrogens is 325 g/mol. The van der Waals surface area contributed by atoms with Gasteiger partial charge in [-0.25, -0.2) is 4.39 Å². The fourth-order valence-electron chi connectivity index (χ4n) is 2.44. The highest BCUT2D eigenvalue weighted by atomic mass is 19.1. The van der Waals surface area contributed by atoms with Gasteiger partial charge >= 0.3 is 11.8 Å². The number of benzene rings is 2. The normalized spacial score (nSPS) is 11.9. The molecule has 128 valence electrons. The quantitative estimate of drug-likeness (QED) is 0.547. The molecule has 0 aliphatic heterocycles. The molecular formula is C18H16FN3O3. The molecule has 25 heavy (non-hydrogen) atoms. The van der Waals surface area contributed by atoms with E-state index in [1.54, 1.807) is 30.5 Å². The van der Waals surface area contributed by atoms with Crippen LogP contribution in [0.25, 0.3) is 10.9 Å². The molecule has 0 fully saturated rings. The minimum Gasteiger partial charge on any atom is -0.386 e. The first-order valence-corrected chi connectivity index (χ1v) is 7.63. The van der Waals surface area contributed by atoms with Crippen LogP contribution in [0.2, 0.25) is 0 Å². The van der Waals surface area contributed by atoms with E-state index in [-0.39, 0.29) is 12.1 Å². The fourth-order valence-corrected chi connectivity index (χ4v) is 2.44. The van der Waals surface area contributed by atoms with Gasteiger partial charge in [0.2, 0.25) is 0 Å². The highest BCUT2D eigenvalue weighted by Gasteiger charge is 2.17. The van der Waals surface area contributed by atoms with Crippen molar-refractivity contribution in [1.29, 1.82) is 0 Å². The molecule has 0 saturated heterocycles. The maximum Gasteiger partial charge on any atom is 0.313 e. The maximum absolute atomic E-state index is 13.6. The standard InChI is InChI=1S/C18H16FN3O3/c19-14-4-2-1-3-13(14)16(23)10-21-17(24)18(25)22-12-5-6-15-11(9-12)7-8-20-15/h1-9,16,20,23H,10H2,(H,21,24)(H,22,25). The lowest BCUT2D eigenvalue weighted by atomic mass is 10.1. The summed E-state index contributed by atoms with van der Waals surface area (Å²) in [6, 6.07) is 12.7. The average Bonchev–Trinajstić information content (AvgIpc) is 3.07. The summed E-state index contributed by atoms with van der Waals surface area (Å²) in [6.45, 7) is -0.274. The number of nitrogens with one attached hydrogen (secondary N) is 3. The number of anilines is 1. The molecule has 0 aliphatic rings. The number of carbonyl (C=O) groups excluding carboxylic acids is 2. The zero-order valence-electron chi connectivity index (χ0n) is 13.1. The van der Waals surface area contributed by atoms with Crippen molar-refractivity contribution in [2.24, 2.45) is 0 Å². The second-order valence-electron chi connectivity index (χ2n) is 5.48. The van der Waals surface area contributed by atoms with Crippen LogP contribution in [0.15, 0.2) is 54.7 Å². The molecule has 0 saturated carbocycles. The van der Waals surface area contributed by atoms with Crippen LogP contribution in [0.1, 0.15) is 11.7 Å². The lowest BCUT2D eigenvalue weighted by molar-refractivity contribution is -0.136. The molecule has 0 spiro atoms. The van der Waals surface area contributed by atoms with Gasteiger partial charge in [0, 0.05) is 34.9 Å². The van der Waals surface area contributed by atoms with Gasteiger partial charge in [-0.1, -0.05) is 18.2 Å². The molecule has 0 radical (unpaired) electrons. The monoisotopic (exact) mass is 341 g/mol. The van der Waals surface area contributed by atoms with Gasteiger partial charge in [0.05, 0.1) is 6.10 Å². The van der Waals surface area contributed by atoms with Gasteiger partial charge in [-0.15, -0.1) is 0 Å². The Morgan fingerprint density at radius 1 is 1.12 bits per heavy atom. The lowest BCUT2D eigenvalue weighted by Gasteiger charge is -2.13. The Hall–Kier alpha value is -3.19. The lowest BCUT2D eigenvalue weighted by Crippen LogP contribution is -2.37. The average molecular weight is 341 g/mol. The number of fused-ring (bicyclic) bond motifs is 1. The third kappa shape index (κ3) is 3.84. The van der Waals surface area contributed by atoms with Gasteiger partial charge < -0.3 is 20.7 Å². The minimum absolute atomic E-state index is 0.0566. The number of aromatic nitrogens is 1. The second-order valence-corrected chi connectivity index (χ2v) is 5.48. The number of aliphatic hydroxyl groups excluding tert-OH is 1. The molecule has 6 nitrogen and oxygen atoms in total. The second kappa shape index (κ2) is 7.14. The van der Waals surface area contributed by atoms with Crippen molar-refractivity contribution in [3.8, 4) is 0 Å². The van der Waals surface area contributed by atoms with Crippen LogP contribution in [-0.2, 0) is 9.59 Å². The molecule has 0 bridgehead atoms. The van der Waals surface area contributed by atoms with Crippen LogP contribution < -0.4 is 10.6 Å². The topological polar surface area (TPSA) is 94.2 Å². The van der Waals surface area contributed by atoms with E-state index in [2.05, 4.69) is 15.6 Å². The highest BCUT2D eigenvalue weighted by Crippen LogP contribution is 2.18. The molecule has 1 unspecified atom stereocenters. The smallest absolute Gasteiger partial charge is 0.313 e. The van der Waals surface area contributed by atoms with Crippen LogP contribution in [-0.4, -0.2) is 28.4 Å². The zero-order chi connectivity index (χ0) is 17.8. The van der Waals surface area contributed by atoms with Gasteiger partial charge in [-0.05, 0) is 30.3 Å². The van der Waals surface area contributed by atoms with Crippen LogP contribution in [0.5, 0.6) is 0 Å². The third-order valence-electron chi connectivity index (χ3n) is 3.74. The number of aromatic amines is 1. The number of rotatable bonds is 4. The number of H-pyrrole nitrogens is 1. The molecule has 3 rings (SSSR count). The Kier molecular flexibility index (Phi) is 4.76. The molecule has 1 heterocycles. The summed E-state index contributed by atoms with van der Waals surface area (Å²) >= 11 is 0. The van der Waals surface area contributed by atoms with Crippen LogP contribution in [0.4, 0.5) is 10.1 Å². The first kappa shape index (κ1) is 16.7. The van der Waals surface area contributed by atoms with Crippen molar-refractivity contribution < 1.29 is 19.1 Å². The third-order valence-corrected chi connectivity index (χ3v) is 3.74. The number of hydrogen-bond donors (Lipinski definition) is 4. The van der Waals surface area contributed by atoms with Gasteiger partial charge in [-0.2, -0.15) is 0 Å². The number of aliphatic hydroxyl groups is 1. The number of halogens is 1. The molecule has 4 N–H and O–H groups in total. The van der Waals surface area contributed by atoms with Gasteiger partial charge in [0.25, 0.3) is 0 Å². The summed E-state index contributed by atoms with van der Waals surface area (Å²) < 4.78 is 13.6. The maximum atomic E-state index is 13.6. The molecule has 2 amide bonds. The Morgan fingerprint density at radius 3 is 2.72 bits per heavy atom. The summed E-state index contributed by atoms with van der Waals surface area (Å²) in [7, 11) is 0. The van der Waals surface area contributed by atoms with Crippen molar-refractivity contribution in [2.45, 2.75) is 6.10 Å². The molecule has 0 aliphatic carbocycles. The first-order valence-electron chi connectivity index (χ1n) is 7.63. The van der Waals surface area contributed by atoms with Crippen molar-refractivity contribution in [1.82, 2.24) is 10.3 Å². The van der Waals surface area contributed by atoms with Crippen molar-refractivity contribution in [2.75, 3.05) is 11.9 Å². The summed E-state index contributed by atoms with van der Waals surface area (Å²) in [5, 5.41) is 15.6. The summed E-state index contributed by atoms with van der Waals surface area (Å²) in [4.78, 5) is 26.8. The molecule has 2 aromatic carbocycles. The highest BCUT2D eigenvalue weighted by molar-refractivity contribution is 6.39. The van der Waals surface area contributed by atoms with Crippen molar-refractivity contribution in [3.05, 3.63) is 66.1 Å². The summed E-state index contributed by atoms with van der Waals surface area (Å²) in [5.74, 6) is -2.35. The van der Waals surface area contributed by atoms with E-state index in [1.165, 1.54) is 18.2 Å². The number of hydrogen-bond acceptors (Lipinski definition) is 3. The van der Waals surface area contributed by atoms with E-state index in [1.807, 2.05) is 6.07 Å². The van der Waals surface area contributed by atoms with Crippen LogP contribution in [0.3, 0.4) is 0 Å². The Labute approximate surface area is 142 Å². The Balaban J connectivity index is 1.57. The first-order chi connectivity index (χ1) is 12.0. The molecule has 3 aromatic rings. The zero-order valence-corrected chi connectivity index (χ0v) is 13.1. The van der Waals surface area contributed by atoms with E-state index < -0.39 is 23.7 Å². The largest absolute Gasteiger partial charge is 0.386 e. The predicted octanol–water partition coefficient (Wildman–Crippen LogP) is 2.10. The van der Waals surface area contributed by atoms with Gasteiger partial charge in [-0.3, -0.25) is 9.59 Å². The van der Waals surface area contributed by atoms with Crippen LogP contribution >= 0.6 is 0 Å². The van der Waals surface area contributed by atoms with Gasteiger partial charge in [0.1, 0.15) is 5.82 Å². The van der Waals surface area contributed by atoms with E-state index in [9.17, 15) is 19.1 Å². The van der Waals surface area contributed by atoms with E-state index in [0.29, 0.717) is 5.69 Å². The predicted molar refractivity (Wildman–Crippen MR) is 91.3 cm³/mol. The molecule has 1 aromatic heterocycles. The minimum atomic E-state index is -1.24. The number of amides is 2. The van der Waals surface area contributed by atoms with E-state index >= 15 is 0 Å². The SMILES string of the molecule is O=C(NCC(O)c1ccccc1F)C(=O)Nc1ccc2[nH]ccc2c1. The van der Waals surface area contributed by atoms with E-state index in [0.717, 1.165) is 10.9 Å². The van der Waals surface area contributed by atoms with Crippen LogP contribution in [0, 0.1) is 5.82 Å². The Bertz CT molecular complexity index is 923. The van der Waals surface area contributed by atoms with Crippen molar-refractivity contribution >= 4 is 28.4 Å². The fraction of sp³-hybridized carbons (Fsp3) is 0.111. The molecule has 7 heteroatoms. The molecule has 1 atom stereocenters. The van der Waals surface area contributed by atoms with Crippen molar-refractivity contribution in [3.63, 3.8) is 0 Å². The Morgan fingerprint density at radius 2 is 1.92 bits per heavy atom. The summed E-state index contributed by atoms with van der Waals surface area (Å²) in [6.07, 6.45) is 0.529. The van der Waals surface area contributed by atoms with Gasteiger partial charge in [0.15, 0.2) is 0 Å². The number of carbonyl (C=O) groups is 2.